The molecule has 5 nitrogen and oxygen atoms in total. The third-order valence-electron chi connectivity index (χ3n) is 5.18. The van der Waals surface area contributed by atoms with Gasteiger partial charge in [-0.3, -0.25) is 4.79 Å². The monoisotopic (exact) mass is 389 g/mol. The summed E-state index contributed by atoms with van der Waals surface area (Å²) in [5, 5.41) is 0. The highest BCUT2D eigenvalue weighted by Crippen LogP contribution is 2.26. The van der Waals surface area contributed by atoms with E-state index in [1.165, 1.54) is 6.26 Å². The molecule has 5 heteroatoms. The summed E-state index contributed by atoms with van der Waals surface area (Å²) in [7, 11) is 0. The zero-order chi connectivity index (χ0) is 20.4. The molecule has 1 aliphatic rings. The van der Waals surface area contributed by atoms with Crippen LogP contribution in [0.15, 0.2) is 65.3 Å². The quantitative estimate of drug-likeness (QED) is 0.627. The maximum Gasteiger partial charge on any atom is 0.329 e. The second-order valence-corrected chi connectivity index (χ2v) is 7.50. The summed E-state index contributed by atoms with van der Waals surface area (Å²) < 4.78 is 10.9. The van der Waals surface area contributed by atoms with Crippen molar-refractivity contribution in [2.45, 2.75) is 39.5 Å². The smallest absolute Gasteiger partial charge is 0.329 e. The van der Waals surface area contributed by atoms with Crippen molar-refractivity contribution in [3.8, 4) is 0 Å². The molecule has 4 rings (SSSR count). The predicted molar refractivity (Wildman–Crippen MR) is 108 cm³/mol. The van der Waals surface area contributed by atoms with Crippen LogP contribution in [-0.2, 0) is 29.1 Å². The Morgan fingerprint density at radius 2 is 1.76 bits per heavy atom. The molecule has 0 radical (unpaired) electrons. The topological polar surface area (TPSA) is 59.8 Å². The molecule has 29 heavy (non-hydrogen) atoms. The van der Waals surface area contributed by atoms with Gasteiger partial charge in [0.05, 0.1) is 6.26 Å². The second-order valence-electron chi connectivity index (χ2n) is 7.50. The van der Waals surface area contributed by atoms with Crippen LogP contribution >= 0.6 is 0 Å². The van der Waals surface area contributed by atoms with Crippen molar-refractivity contribution in [3.63, 3.8) is 0 Å². The summed E-state index contributed by atoms with van der Waals surface area (Å²) in [6.45, 7) is 4.56. The molecule has 2 heterocycles. The molecular formula is C24H23NO4. The minimum absolute atomic E-state index is 0.183. The number of nitrogens with zero attached hydrogens (tertiary/aromatic N) is 1. The Morgan fingerprint density at radius 1 is 1.03 bits per heavy atom. The van der Waals surface area contributed by atoms with Crippen molar-refractivity contribution in [3.05, 3.63) is 94.4 Å². The van der Waals surface area contributed by atoms with Crippen LogP contribution in [-0.4, -0.2) is 22.8 Å². The number of rotatable bonds is 4. The highest BCUT2D eigenvalue weighted by Gasteiger charge is 2.37. The van der Waals surface area contributed by atoms with Gasteiger partial charge in [0.25, 0.3) is 5.91 Å². The molecule has 0 unspecified atom stereocenters. The van der Waals surface area contributed by atoms with E-state index in [0.717, 1.165) is 27.8 Å². The predicted octanol–water partition coefficient (Wildman–Crippen LogP) is 4.21. The van der Waals surface area contributed by atoms with Crippen LogP contribution in [0.25, 0.3) is 0 Å². The summed E-state index contributed by atoms with van der Waals surface area (Å²) in [5.74, 6) is -0.493. The summed E-state index contributed by atoms with van der Waals surface area (Å²) in [6.07, 6.45) is 1.88. The molecule has 2 aromatic carbocycles. The van der Waals surface area contributed by atoms with Crippen molar-refractivity contribution in [1.82, 2.24) is 4.90 Å². The van der Waals surface area contributed by atoms with Gasteiger partial charge in [0.1, 0.15) is 12.6 Å². The van der Waals surface area contributed by atoms with E-state index >= 15 is 0 Å². The third kappa shape index (κ3) is 4.09. The number of furan rings is 1. The average Bonchev–Trinajstić information content (AvgIpc) is 3.24. The lowest BCUT2D eigenvalue weighted by atomic mass is 9.93. The molecule has 0 aliphatic carbocycles. The normalized spacial score (nSPS) is 15.7. The van der Waals surface area contributed by atoms with E-state index in [9.17, 15) is 9.59 Å². The molecule has 3 aromatic rings. The van der Waals surface area contributed by atoms with Crippen molar-refractivity contribution >= 4 is 11.9 Å². The maximum atomic E-state index is 13.0. The van der Waals surface area contributed by atoms with E-state index in [4.69, 9.17) is 9.15 Å². The summed E-state index contributed by atoms with van der Waals surface area (Å²) in [4.78, 5) is 27.5. The van der Waals surface area contributed by atoms with Gasteiger partial charge in [-0.05, 0) is 42.7 Å². The number of benzene rings is 2. The lowest BCUT2D eigenvalue weighted by Crippen LogP contribution is -2.49. The van der Waals surface area contributed by atoms with E-state index in [-0.39, 0.29) is 18.3 Å². The Balaban J connectivity index is 1.56. The Morgan fingerprint density at radius 3 is 2.45 bits per heavy atom. The highest BCUT2D eigenvalue weighted by atomic mass is 16.5. The number of aryl methyl sites for hydroxylation is 2. The fourth-order valence-corrected chi connectivity index (χ4v) is 3.89. The van der Waals surface area contributed by atoms with Crippen molar-refractivity contribution < 1.29 is 18.7 Å². The third-order valence-corrected chi connectivity index (χ3v) is 5.18. The van der Waals surface area contributed by atoms with Gasteiger partial charge in [-0.15, -0.1) is 0 Å². The summed E-state index contributed by atoms with van der Waals surface area (Å²) in [5.41, 5.74) is 5.28. The molecule has 1 atom stereocenters. The zero-order valence-electron chi connectivity index (χ0n) is 16.6. The number of ether oxygens (including phenoxy) is 1. The Labute approximate surface area is 169 Å². The van der Waals surface area contributed by atoms with Gasteiger partial charge in [0, 0.05) is 13.0 Å². The Kier molecular flexibility index (Phi) is 5.21. The Hall–Kier alpha value is -3.34. The van der Waals surface area contributed by atoms with Crippen LogP contribution in [0.4, 0.5) is 0 Å². The minimum Gasteiger partial charge on any atom is -0.459 e. The second kappa shape index (κ2) is 7.95. The molecule has 1 aliphatic heterocycles. The molecule has 148 valence electrons. The number of hydrogen-bond acceptors (Lipinski definition) is 4. The summed E-state index contributed by atoms with van der Waals surface area (Å²) in [6, 6.07) is 16.5. The van der Waals surface area contributed by atoms with Crippen molar-refractivity contribution in [1.29, 1.82) is 0 Å². The van der Waals surface area contributed by atoms with Crippen LogP contribution in [0.3, 0.4) is 0 Å². The molecule has 0 fully saturated rings. The van der Waals surface area contributed by atoms with Crippen LogP contribution in [0.1, 0.15) is 38.4 Å². The highest BCUT2D eigenvalue weighted by molar-refractivity contribution is 5.95. The number of carbonyl (C=O) groups is 2. The van der Waals surface area contributed by atoms with Gasteiger partial charge >= 0.3 is 5.97 Å². The zero-order valence-corrected chi connectivity index (χ0v) is 16.6. The van der Waals surface area contributed by atoms with Crippen molar-refractivity contribution in [2.75, 3.05) is 0 Å². The van der Waals surface area contributed by atoms with E-state index in [1.807, 2.05) is 50.2 Å². The first-order valence-electron chi connectivity index (χ1n) is 9.66. The van der Waals surface area contributed by atoms with Gasteiger partial charge in [-0.25, -0.2) is 4.79 Å². The van der Waals surface area contributed by atoms with Gasteiger partial charge in [0.2, 0.25) is 0 Å². The van der Waals surface area contributed by atoms with Crippen molar-refractivity contribution in [2.24, 2.45) is 0 Å². The number of esters is 1. The van der Waals surface area contributed by atoms with Crippen LogP contribution in [0, 0.1) is 13.8 Å². The van der Waals surface area contributed by atoms with E-state index in [1.54, 1.807) is 17.0 Å². The van der Waals surface area contributed by atoms with Gasteiger partial charge in [0.15, 0.2) is 5.76 Å². The number of carbonyl (C=O) groups excluding carboxylic acids is 2. The first-order chi connectivity index (χ1) is 14.0. The van der Waals surface area contributed by atoms with Crippen LogP contribution in [0.5, 0.6) is 0 Å². The fraction of sp³-hybridized carbons (Fsp3) is 0.250. The fourth-order valence-electron chi connectivity index (χ4n) is 3.89. The van der Waals surface area contributed by atoms with Gasteiger partial charge < -0.3 is 14.1 Å². The lowest BCUT2D eigenvalue weighted by Gasteiger charge is -2.34. The van der Waals surface area contributed by atoms with Crippen LogP contribution < -0.4 is 0 Å². The van der Waals surface area contributed by atoms with Gasteiger partial charge in [-0.2, -0.15) is 0 Å². The molecule has 0 saturated heterocycles. The van der Waals surface area contributed by atoms with E-state index in [2.05, 4.69) is 6.07 Å². The minimum atomic E-state index is -0.687. The first kappa shape index (κ1) is 19.0. The number of fused-ring (bicyclic) bond motifs is 1. The number of hydrogen-bond donors (Lipinski definition) is 0. The molecule has 0 N–H and O–H groups in total. The SMILES string of the molecule is Cc1cc(C)cc(COC(=O)[C@@H]2Cc3ccccc3CN2C(=O)c2ccco2)c1. The first-order valence-corrected chi connectivity index (χ1v) is 9.66. The standard InChI is InChI=1S/C24H23NO4/c1-16-10-17(2)12-18(11-16)15-29-24(27)21-13-19-6-3-4-7-20(19)14-25(21)23(26)22-8-5-9-28-22/h3-12,21H,13-15H2,1-2H3/t21-/m0/s1. The average molecular weight is 389 g/mol. The lowest BCUT2D eigenvalue weighted by molar-refractivity contribution is -0.151. The molecule has 0 saturated carbocycles. The molecule has 0 spiro atoms. The molecule has 1 amide bonds. The van der Waals surface area contributed by atoms with E-state index < -0.39 is 12.0 Å². The van der Waals surface area contributed by atoms with Gasteiger partial charge in [-0.1, -0.05) is 53.6 Å². The Bertz CT molecular complexity index is 1020. The number of amides is 1. The van der Waals surface area contributed by atoms with E-state index in [0.29, 0.717) is 13.0 Å². The molecule has 0 bridgehead atoms. The largest absolute Gasteiger partial charge is 0.459 e. The summed E-state index contributed by atoms with van der Waals surface area (Å²) >= 11 is 0. The van der Waals surface area contributed by atoms with Crippen LogP contribution in [0.2, 0.25) is 0 Å². The maximum absolute atomic E-state index is 13.0. The molecule has 1 aromatic heterocycles. The molecular weight excluding hydrogens is 366 g/mol.